The Labute approximate surface area is 133 Å². The van der Waals surface area contributed by atoms with Crippen molar-refractivity contribution in [1.82, 2.24) is 5.32 Å². The molecular weight excluding hydrogens is 361 g/mol. The Bertz CT molecular complexity index is 657. The molecule has 3 nitrogen and oxygen atoms in total. The van der Waals surface area contributed by atoms with E-state index in [1.807, 2.05) is 24.3 Å². The quantitative estimate of drug-likeness (QED) is 0.798. The SMILES string of the molecule is O=C(NCc1ccc(Br)cc1)Nc1cccc(C(F)(F)F)c1. The molecule has 0 radical (unpaired) electrons. The van der Waals surface area contributed by atoms with Crippen molar-refractivity contribution in [3.05, 3.63) is 64.1 Å². The van der Waals surface area contributed by atoms with Gasteiger partial charge in [-0.25, -0.2) is 4.79 Å². The number of hydrogen-bond donors (Lipinski definition) is 2. The maximum absolute atomic E-state index is 12.6. The molecule has 2 N–H and O–H groups in total. The van der Waals surface area contributed by atoms with Crippen LogP contribution >= 0.6 is 15.9 Å². The first kappa shape index (κ1) is 16.4. The van der Waals surface area contributed by atoms with Crippen molar-refractivity contribution in [3.8, 4) is 0 Å². The van der Waals surface area contributed by atoms with Crippen LogP contribution in [-0.4, -0.2) is 6.03 Å². The first-order chi connectivity index (χ1) is 10.3. The molecule has 0 aromatic heterocycles. The van der Waals surface area contributed by atoms with E-state index in [0.717, 1.165) is 22.2 Å². The Morgan fingerprint density at radius 2 is 1.77 bits per heavy atom. The van der Waals surface area contributed by atoms with E-state index >= 15 is 0 Å². The summed E-state index contributed by atoms with van der Waals surface area (Å²) in [6.07, 6.45) is -4.44. The molecule has 2 amide bonds. The molecule has 2 aromatic carbocycles. The molecule has 116 valence electrons. The lowest BCUT2D eigenvalue weighted by Gasteiger charge is -2.11. The van der Waals surface area contributed by atoms with Crippen LogP contribution < -0.4 is 10.6 Å². The van der Waals surface area contributed by atoms with Crippen LogP contribution in [0, 0.1) is 0 Å². The van der Waals surface area contributed by atoms with E-state index in [0.29, 0.717) is 0 Å². The van der Waals surface area contributed by atoms with Crippen LogP contribution in [0.5, 0.6) is 0 Å². The normalized spacial score (nSPS) is 11.1. The summed E-state index contributed by atoms with van der Waals surface area (Å²) in [5, 5.41) is 4.96. The number of halogens is 4. The molecule has 0 saturated carbocycles. The third kappa shape index (κ3) is 4.77. The Morgan fingerprint density at radius 3 is 2.41 bits per heavy atom. The standard InChI is InChI=1S/C15H12BrF3N2O/c16-12-6-4-10(5-7-12)9-20-14(22)21-13-3-1-2-11(8-13)15(17,18)19/h1-8H,9H2,(H2,20,21,22). The summed E-state index contributed by atoms with van der Waals surface area (Å²) in [6.45, 7) is 0.276. The van der Waals surface area contributed by atoms with Crippen molar-refractivity contribution in [3.63, 3.8) is 0 Å². The third-order valence-corrected chi connectivity index (χ3v) is 3.34. The van der Waals surface area contributed by atoms with Crippen LogP contribution in [0.3, 0.4) is 0 Å². The van der Waals surface area contributed by atoms with Gasteiger partial charge in [-0.1, -0.05) is 34.1 Å². The predicted molar refractivity (Wildman–Crippen MR) is 81.4 cm³/mol. The maximum atomic E-state index is 12.6. The third-order valence-electron chi connectivity index (χ3n) is 2.81. The van der Waals surface area contributed by atoms with Gasteiger partial charge >= 0.3 is 12.2 Å². The van der Waals surface area contributed by atoms with Crippen molar-refractivity contribution in [2.75, 3.05) is 5.32 Å². The molecule has 2 aromatic rings. The molecule has 0 saturated heterocycles. The highest BCUT2D eigenvalue weighted by Crippen LogP contribution is 2.30. The lowest BCUT2D eigenvalue weighted by molar-refractivity contribution is -0.137. The summed E-state index contributed by atoms with van der Waals surface area (Å²) in [6, 6.07) is 11.2. The number of urea groups is 1. The Balaban J connectivity index is 1.93. The number of nitrogens with one attached hydrogen (secondary N) is 2. The van der Waals surface area contributed by atoms with Crippen LogP contribution in [0.2, 0.25) is 0 Å². The number of amides is 2. The maximum Gasteiger partial charge on any atom is 0.416 e. The van der Waals surface area contributed by atoms with E-state index in [1.54, 1.807) is 0 Å². The first-order valence-electron chi connectivity index (χ1n) is 6.31. The van der Waals surface area contributed by atoms with Gasteiger partial charge in [0.05, 0.1) is 5.56 Å². The van der Waals surface area contributed by atoms with E-state index in [9.17, 15) is 18.0 Å². The number of anilines is 1. The van der Waals surface area contributed by atoms with Crippen molar-refractivity contribution in [2.24, 2.45) is 0 Å². The van der Waals surface area contributed by atoms with Crippen molar-refractivity contribution in [1.29, 1.82) is 0 Å². The molecule has 22 heavy (non-hydrogen) atoms. The van der Waals surface area contributed by atoms with Gasteiger partial charge in [0, 0.05) is 16.7 Å². The van der Waals surface area contributed by atoms with Crippen LogP contribution in [0.25, 0.3) is 0 Å². The zero-order valence-electron chi connectivity index (χ0n) is 11.2. The molecule has 7 heteroatoms. The van der Waals surface area contributed by atoms with Gasteiger partial charge in [0.2, 0.25) is 0 Å². The lowest BCUT2D eigenvalue weighted by Crippen LogP contribution is -2.28. The fourth-order valence-corrected chi connectivity index (χ4v) is 2.00. The van der Waals surface area contributed by atoms with Crippen LogP contribution in [0.1, 0.15) is 11.1 Å². The smallest absolute Gasteiger partial charge is 0.334 e. The zero-order valence-corrected chi connectivity index (χ0v) is 12.8. The van der Waals surface area contributed by atoms with Gasteiger partial charge in [-0.3, -0.25) is 0 Å². The summed E-state index contributed by atoms with van der Waals surface area (Å²) >= 11 is 3.30. The molecule has 0 bridgehead atoms. The second-order valence-corrected chi connectivity index (χ2v) is 5.43. The number of benzene rings is 2. The minimum Gasteiger partial charge on any atom is -0.334 e. The largest absolute Gasteiger partial charge is 0.416 e. The van der Waals surface area contributed by atoms with Crippen molar-refractivity contribution >= 4 is 27.6 Å². The molecular formula is C15H12BrF3N2O. The summed E-state index contributed by atoms with van der Waals surface area (Å²) in [4.78, 5) is 11.7. The van der Waals surface area contributed by atoms with E-state index in [1.165, 1.54) is 12.1 Å². The molecule has 0 unspecified atom stereocenters. The fraction of sp³-hybridized carbons (Fsp3) is 0.133. The average Bonchev–Trinajstić information content (AvgIpc) is 2.46. The highest BCUT2D eigenvalue weighted by molar-refractivity contribution is 9.10. The van der Waals surface area contributed by atoms with Gasteiger partial charge in [-0.05, 0) is 35.9 Å². The summed E-state index contributed by atoms with van der Waals surface area (Å²) < 4.78 is 38.6. The topological polar surface area (TPSA) is 41.1 Å². The molecule has 0 aliphatic carbocycles. The molecule has 0 fully saturated rings. The van der Waals surface area contributed by atoms with Crippen LogP contribution in [0.15, 0.2) is 53.0 Å². The molecule has 0 heterocycles. The minimum atomic E-state index is -4.44. The number of carbonyl (C=O) groups is 1. The number of rotatable bonds is 3. The molecule has 0 atom stereocenters. The lowest BCUT2D eigenvalue weighted by atomic mass is 10.2. The average molecular weight is 373 g/mol. The second kappa shape index (κ2) is 6.83. The van der Waals surface area contributed by atoms with Crippen molar-refractivity contribution < 1.29 is 18.0 Å². The van der Waals surface area contributed by atoms with Gasteiger partial charge in [-0.15, -0.1) is 0 Å². The monoisotopic (exact) mass is 372 g/mol. The highest BCUT2D eigenvalue weighted by Gasteiger charge is 2.30. The number of carbonyl (C=O) groups excluding carboxylic acids is 1. The predicted octanol–water partition coefficient (Wildman–Crippen LogP) is 4.79. The Morgan fingerprint density at radius 1 is 1.09 bits per heavy atom. The zero-order chi connectivity index (χ0) is 16.2. The molecule has 0 spiro atoms. The van der Waals surface area contributed by atoms with Crippen LogP contribution in [0.4, 0.5) is 23.7 Å². The fourth-order valence-electron chi connectivity index (χ4n) is 1.73. The number of alkyl halides is 3. The second-order valence-electron chi connectivity index (χ2n) is 4.51. The summed E-state index contributed by atoms with van der Waals surface area (Å²) in [5.41, 5.74) is 0.156. The molecule has 2 rings (SSSR count). The van der Waals surface area contributed by atoms with E-state index < -0.39 is 17.8 Å². The summed E-state index contributed by atoms with van der Waals surface area (Å²) in [5.74, 6) is 0. The van der Waals surface area contributed by atoms with Gasteiger partial charge in [-0.2, -0.15) is 13.2 Å². The molecule has 0 aliphatic heterocycles. The van der Waals surface area contributed by atoms with Gasteiger partial charge in [0.1, 0.15) is 0 Å². The number of hydrogen-bond acceptors (Lipinski definition) is 1. The Hall–Kier alpha value is -2.02. The first-order valence-corrected chi connectivity index (χ1v) is 7.10. The molecule has 0 aliphatic rings. The van der Waals surface area contributed by atoms with Crippen LogP contribution in [-0.2, 0) is 12.7 Å². The minimum absolute atomic E-state index is 0.0862. The van der Waals surface area contributed by atoms with E-state index in [4.69, 9.17) is 0 Å². The van der Waals surface area contributed by atoms with E-state index in [2.05, 4.69) is 26.6 Å². The van der Waals surface area contributed by atoms with Gasteiger partial charge < -0.3 is 10.6 Å². The van der Waals surface area contributed by atoms with Gasteiger partial charge in [0.15, 0.2) is 0 Å². The van der Waals surface area contributed by atoms with E-state index in [-0.39, 0.29) is 12.2 Å². The van der Waals surface area contributed by atoms with Gasteiger partial charge in [0.25, 0.3) is 0 Å². The van der Waals surface area contributed by atoms with Crippen molar-refractivity contribution in [2.45, 2.75) is 12.7 Å². The highest BCUT2D eigenvalue weighted by atomic mass is 79.9. The Kier molecular flexibility index (Phi) is 5.07. The summed E-state index contributed by atoms with van der Waals surface area (Å²) in [7, 11) is 0.